The van der Waals surface area contributed by atoms with Crippen molar-refractivity contribution in [1.29, 1.82) is 0 Å². The number of carbonyl (C=O) groups is 1. The molecule has 1 amide bonds. The first kappa shape index (κ1) is 14.4. The van der Waals surface area contributed by atoms with Crippen LogP contribution in [-0.2, 0) is 24.1 Å². The number of rotatable bonds is 3. The number of nitrogens with one attached hydrogen (secondary N) is 1. The summed E-state index contributed by atoms with van der Waals surface area (Å²) in [5, 5.41) is 3.83. The first-order valence-electron chi connectivity index (χ1n) is 6.97. The minimum atomic E-state index is -0.0721. The van der Waals surface area contributed by atoms with Gasteiger partial charge in [0, 0.05) is 5.02 Å². The summed E-state index contributed by atoms with van der Waals surface area (Å²) in [6.07, 6.45) is 3.84. The van der Waals surface area contributed by atoms with Crippen molar-refractivity contribution in [2.45, 2.75) is 25.7 Å². The molecule has 21 heavy (non-hydrogen) atoms. The average molecular weight is 320 g/mol. The molecule has 0 spiro atoms. The Bertz CT molecular complexity index is 697. The molecule has 0 bridgehead atoms. The number of aryl methyl sites for hydroxylation is 2. The summed E-state index contributed by atoms with van der Waals surface area (Å²) in [6.45, 7) is 0. The van der Waals surface area contributed by atoms with Gasteiger partial charge in [-0.05, 0) is 54.2 Å². The summed E-state index contributed by atoms with van der Waals surface area (Å²) in [6, 6.07) is 11.4. The van der Waals surface area contributed by atoms with Gasteiger partial charge < -0.3 is 5.32 Å². The van der Waals surface area contributed by atoms with Crippen LogP contribution in [0.4, 0.5) is 5.69 Å². The molecule has 0 fully saturated rings. The van der Waals surface area contributed by atoms with E-state index in [-0.39, 0.29) is 5.91 Å². The van der Waals surface area contributed by atoms with Crippen LogP contribution in [-0.4, -0.2) is 5.91 Å². The number of hydrogen-bond donors (Lipinski definition) is 1. The highest BCUT2D eigenvalue weighted by Gasteiger charge is 2.13. The molecule has 2 aromatic rings. The van der Waals surface area contributed by atoms with E-state index in [4.69, 9.17) is 23.2 Å². The maximum absolute atomic E-state index is 12.1. The molecule has 1 aliphatic rings. The quantitative estimate of drug-likeness (QED) is 0.875. The standard InChI is InChI=1S/C17H15Cl2NO/c18-14-6-7-16(15(19)10-14)20-17(21)9-11-4-5-12-2-1-3-13(12)8-11/h4-8,10H,1-3,9H2,(H,20,21). The number of halogens is 2. The summed E-state index contributed by atoms with van der Waals surface area (Å²) in [5.41, 5.74) is 4.43. The zero-order valence-electron chi connectivity index (χ0n) is 11.5. The van der Waals surface area contributed by atoms with Gasteiger partial charge in [0.25, 0.3) is 0 Å². The minimum absolute atomic E-state index is 0.0721. The second-order valence-electron chi connectivity index (χ2n) is 5.31. The van der Waals surface area contributed by atoms with Crippen LogP contribution in [0, 0.1) is 0 Å². The van der Waals surface area contributed by atoms with Gasteiger partial charge in [-0.2, -0.15) is 0 Å². The van der Waals surface area contributed by atoms with Gasteiger partial charge >= 0.3 is 0 Å². The minimum Gasteiger partial charge on any atom is -0.324 e. The van der Waals surface area contributed by atoms with E-state index < -0.39 is 0 Å². The van der Waals surface area contributed by atoms with Crippen LogP contribution >= 0.6 is 23.2 Å². The second-order valence-corrected chi connectivity index (χ2v) is 6.15. The second kappa shape index (κ2) is 6.08. The van der Waals surface area contributed by atoms with E-state index >= 15 is 0 Å². The van der Waals surface area contributed by atoms with Gasteiger partial charge in [0.1, 0.15) is 0 Å². The summed E-state index contributed by atoms with van der Waals surface area (Å²) in [5.74, 6) is -0.0721. The van der Waals surface area contributed by atoms with E-state index in [1.807, 2.05) is 6.07 Å². The maximum Gasteiger partial charge on any atom is 0.228 e. The zero-order chi connectivity index (χ0) is 14.8. The zero-order valence-corrected chi connectivity index (χ0v) is 13.0. The fourth-order valence-corrected chi connectivity index (χ4v) is 3.16. The van der Waals surface area contributed by atoms with E-state index in [2.05, 4.69) is 17.4 Å². The molecule has 1 N–H and O–H groups in total. The van der Waals surface area contributed by atoms with Crippen LogP contribution < -0.4 is 5.32 Å². The molecule has 2 nitrogen and oxygen atoms in total. The Hall–Kier alpha value is -1.51. The molecule has 2 aromatic carbocycles. The van der Waals surface area contributed by atoms with Crippen molar-refractivity contribution in [3.63, 3.8) is 0 Å². The fraction of sp³-hybridized carbons (Fsp3) is 0.235. The Balaban J connectivity index is 1.69. The molecular formula is C17H15Cl2NO. The highest BCUT2D eigenvalue weighted by Crippen LogP contribution is 2.26. The normalized spacial score (nSPS) is 13.0. The van der Waals surface area contributed by atoms with E-state index in [9.17, 15) is 4.79 Å². The van der Waals surface area contributed by atoms with E-state index in [0.29, 0.717) is 22.2 Å². The first-order valence-corrected chi connectivity index (χ1v) is 7.73. The van der Waals surface area contributed by atoms with Gasteiger partial charge in [-0.3, -0.25) is 4.79 Å². The lowest BCUT2D eigenvalue weighted by Crippen LogP contribution is -2.14. The summed E-state index contributed by atoms with van der Waals surface area (Å²) < 4.78 is 0. The third-order valence-electron chi connectivity index (χ3n) is 3.73. The number of anilines is 1. The van der Waals surface area contributed by atoms with Crippen LogP contribution in [0.25, 0.3) is 0 Å². The first-order chi connectivity index (χ1) is 10.1. The molecule has 0 radical (unpaired) electrons. The lowest BCUT2D eigenvalue weighted by atomic mass is 10.0. The Morgan fingerprint density at radius 2 is 1.86 bits per heavy atom. The van der Waals surface area contributed by atoms with Gasteiger partial charge in [-0.1, -0.05) is 41.4 Å². The summed E-state index contributed by atoms with van der Waals surface area (Å²) >= 11 is 11.9. The largest absolute Gasteiger partial charge is 0.324 e. The van der Waals surface area contributed by atoms with Crippen molar-refractivity contribution in [3.8, 4) is 0 Å². The Morgan fingerprint density at radius 1 is 1.05 bits per heavy atom. The summed E-state index contributed by atoms with van der Waals surface area (Å²) in [7, 11) is 0. The SMILES string of the molecule is O=C(Cc1ccc2c(c1)CCC2)Nc1ccc(Cl)cc1Cl. The average Bonchev–Trinajstić information content (AvgIpc) is 2.89. The van der Waals surface area contributed by atoms with Crippen LogP contribution in [0.2, 0.25) is 10.0 Å². The van der Waals surface area contributed by atoms with Crippen molar-refractivity contribution < 1.29 is 4.79 Å². The van der Waals surface area contributed by atoms with Crippen molar-refractivity contribution in [2.75, 3.05) is 5.32 Å². The predicted octanol–water partition coefficient (Wildman–Crippen LogP) is 4.66. The fourth-order valence-electron chi connectivity index (χ4n) is 2.71. The van der Waals surface area contributed by atoms with Gasteiger partial charge in [0.15, 0.2) is 0 Å². The highest BCUT2D eigenvalue weighted by atomic mass is 35.5. The number of hydrogen-bond acceptors (Lipinski definition) is 1. The van der Waals surface area contributed by atoms with Crippen LogP contribution in [0.5, 0.6) is 0 Å². The van der Waals surface area contributed by atoms with Crippen molar-refractivity contribution in [3.05, 3.63) is 63.1 Å². The maximum atomic E-state index is 12.1. The van der Waals surface area contributed by atoms with E-state index in [1.165, 1.54) is 17.5 Å². The molecular weight excluding hydrogens is 305 g/mol. The Labute approximate surface area is 134 Å². The van der Waals surface area contributed by atoms with Gasteiger partial charge in [-0.25, -0.2) is 0 Å². The number of benzene rings is 2. The van der Waals surface area contributed by atoms with E-state index in [1.54, 1.807) is 18.2 Å². The Kier molecular flexibility index (Phi) is 4.18. The number of amides is 1. The van der Waals surface area contributed by atoms with Crippen LogP contribution in [0.1, 0.15) is 23.1 Å². The molecule has 4 heteroatoms. The monoisotopic (exact) mass is 319 g/mol. The smallest absolute Gasteiger partial charge is 0.228 e. The van der Waals surface area contributed by atoms with Gasteiger partial charge in [-0.15, -0.1) is 0 Å². The van der Waals surface area contributed by atoms with Crippen LogP contribution in [0.3, 0.4) is 0 Å². The van der Waals surface area contributed by atoms with E-state index in [0.717, 1.165) is 18.4 Å². The molecule has 108 valence electrons. The Morgan fingerprint density at radius 3 is 2.67 bits per heavy atom. The predicted molar refractivity (Wildman–Crippen MR) is 87.3 cm³/mol. The van der Waals surface area contributed by atoms with Crippen molar-refractivity contribution in [1.82, 2.24) is 0 Å². The topological polar surface area (TPSA) is 29.1 Å². The number of carbonyl (C=O) groups excluding carboxylic acids is 1. The van der Waals surface area contributed by atoms with Crippen LogP contribution in [0.15, 0.2) is 36.4 Å². The van der Waals surface area contributed by atoms with Crippen molar-refractivity contribution >= 4 is 34.8 Å². The molecule has 0 aliphatic heterocycles. The molecule has 0 saturated heterocycles. The third-order valence-corrected chi connectivity index (χ3v) is 4.28. The molecule has 3 rings (SSSR count). The molecule has 0 aromatic heterocycles. The molecule has 0 unspecified atom stereocenters. The molecule has 0 saturated carbocycles. The van der Waals surface area contributed by atoms with Crippen molar-refractivity contribution in [2.24, 2.45) is 0 Å². The molecule has 0 atom stereocenters. The lowest BCUT2D eigenvalue weighted by Gasteiger charge is -2.08. The molecule has 1 aliphatic carbocycles. The highest BCUT2D eigenvalue weighted by molar-refractivity contribution is 6.36. The van der Waals surface area contributed by atoms with Gasteiger partial charge in [0.2, 0.25) is 5.91 Å². The third kappa shape index (κ3) is 3.39. The lowest BCUT2D eigenvalue weighted by molar-refractivity contribution is -0.115. The molecule has 0 heterocycles. The number of fused-ring (bicyclic) bond motifs is 1. The summed E-state index contributed by atoms with van der Waals surface area (Å²) in [4.78, 5) is 12.1. The van der Waals surface area contributed by atoms with Gasteiger partial charge in [0.05, 0.1) is 17.1 Å².